The zero-order chi connectivity index (χ0) is 41.8. The highest BCUT2D eigenvalue weighted by Gasteiger charge is 2.17. The Bertz CT molecular complexity index is 610. The van der Waals surface area contributed by atoms with E-state index in [0.717, 1.165) is 38.5 Å². The number of hydrogen-bond acceptors (Lipinski definition) is 6. The van der Waals surface area contributed by atoms with E-state index in [9.17, 15) is 0 Å². The van der Waals surface area contributed by atoms with E-state index in [2.05, 4.69) is 20.8 Å². The fraction of sp³-hybridized carbons (Fsp3) is 1.00. The summed E-state index contributed by atoms with van der Waals surface area (Å²) in [6, 6.07) is 0. The summed E-state index contributed by atoms with van der Waals surface area (Å²) < 4.78 is 16.5. The standard InChI is InChI=1S/C51H105O6P/c1-4-7-10-13-16-19-22-25-28-31-34-37-40-43-46-49-52-55-58(56-53-50-47-44-41-38-35-32-29-26-23-20-17-14-11-8-5-2)57-54-51-48-45-42-39-36-33-30-27-24-21-18-15-12-9-6-3/h4-51H2,1-3H3. The minimum atomic E-state index is -1.86. The van der Waals surface area contributed by atoms with E-state index in [1.54, 1.807) is 0 Å². The van der Waals surface area contributed by atoms with Crippen molar-refractivity contribution in [3.05, 3.63) is 0 Å². The molecule has 0 fully saturated rings. The van der Waals surface area contributed by atoms with Gasteiger partial charge in [0, 0.05) is 0 Å². The molecule has 0 unspecified atom stereocenters. The second-order valence-corrected chi connectivity index (χ2v) is 18.7. The van der Waals surface area contributed by atoms with Gasteiger partial charge in [-0.05, 0) is 19.3 Å². The molecule has 0 heterocycles. The fourth-order valence-electron chi connectivity index (χ4n) is 7.88. The molecule has 0 bridgehead atoms. The summed E-state index contributed by atoms with van der Waals surface area (Å²) in [6.45, 7) is 8.47. The minimum Gasteiger partial charge on any atom is -0.229 e. The van der Waals surface area contributed by atoms with Crippen molar-refractivity contribution in [2.45, 2.75) is 310 Å². The van der Waals surface area contributed by atoms with Gasteiger partial charge in [-0.1, -0.05) is 290 Å². The van der Waals surface area contributed by atoms with Crippen LogP contribution in [-0.2, 0) is 28.7 Å². The van der Waals surface area contributed by atoms with Gasteiger partial charge in [0.15, 0.2) is 0 Å². The van der Waals surface area contributed by atoms with E-state index in [1.807, 2.05) is 0 Å². The quantitative estimate of drug-likeness (QED) is 0.0263. The summed E-state index contributed by atoms with van der Waals surface area (Å²) in [7, 11) is -1.86. The molecule has 350 valence electrons. The minimum absolute atomic E-state index is 0.530. The Hall–Kier alpha value is 0.190. The second kappa shape index (κ2) is 55.2. The lowest BCUT2D eigenvalue weighted by atomic mass is 10.0. The van der Waals surface area contributed by atoms with E-state index in [0.29, 0.717) is 19.8 Å². The molecule has 0 aliphatic rings. The van der Waals surface area contributed by atoms with E-state index in [1.165, 1.54) is 250 Å². The molecule has 0 amide bonds. The van der Waals surface area contributed by atoms with Gasteiger partial charge in [-0.15, -0.1) is 14.0 Å². The van der Waals surface area contributed by atoms with Crippen molar-refractivity contribution >= 4 is 8.60 Å². The van der Waals surface area contributed by atoms with Crippen LogP contribution in [0.15, 0.2) is 0 Å². The van der Waals surface area contributed by atoms with E-state index >= 15 is 0 Å². The topological polar surface area (TPSA) is 55.4 Å². The molecule has 0 rings (SSSR count). The Morgan fingerprint density at radius 2 is 0.328 bits per heavy atom. The summed E-state index contributed by atoms with van der Waals surface area (Å²) in [6.07, 6.45) is 60.5. The first kappa shape index (κ1) is 58.2. The molecule has 0 saturated carbocycles. The third-order valence-electron chi connectivity index (χ3n) is 11.8. The van der Waals surface area contributed by atoms with Crippen molar-refractivity contribution in [2.24, 2.45) is 0 Å². The van der Waals surface area contributed by atoms with Crippen molar-refractivity contribution in [2.75, 3.05) is 19.8 Å². The molecular weight excluding hydrogens is 740 g/mol. The summed E-state index contributed by atoms with van der Waals surface area (Å²) in [5.74, 6) is 0. The van der Waals surface area contributed by atoms with Crippen molar-refractivity contribution in [1.29, 1.82) is 0 Å². The van der Waals surface area contributed by atoms with E-state index in [-0.39, 0.29) is 0 Å². The number of rotatable bonds is 54. The molecule has 0 radical (unpaired) electrons. The monoisotopic (exact) mass is 845 g/mol. The van der Waals surface area contributed by atoms with Crippen LogP contribution in [0.5, 0.6) is 0 Å². The van der Waals surface area contributed by atoms with Crippen LogP contribution in [0.3, 0.4) is 0 Å². The molecule has 0 aliphatic heterocycles. The number of hydrogen-bond donors (Lipinski definition) is 0. The lowest BCUT2D eigenvalue weighted by Gasteiger charge is -2.13. The molecule has 58 heavy (non-hydrogen) atoms. The zero-order valence-electron chi connectivity index (χ0n) is 39.8. The van der Waals surface area contributed by atoms with Gasteiger partial charge in [-0.25, -0.2) is 14.7 Å². The fourth-order valence-corrected chi connectivity index (χ4v) is 8.43. The molecule has 0 aromatic carbocycles. The Balaban J connectivity index is 3.95. The van der Waals surface area contributed by atoms with Crippen molar-refractivity contribution in [3.63, 3.8) is 0 Å². The Kier molecular flexibility index (Phi) is 55.4. The lowest BCUT2D eigenvalue weighted by molar-refractivity contribution is -0.311. The molecule has 0 aliphatic carbocycles. The van der Waals surface area contributed by atoms with Gasteiger partial charge in [0.1, 0.15) is 0 Å². The third kappa shape index (κ3) is 52.3. The summed E-state index contributed by atoms with van der Waals surface area (Å²) in [5, 5.41) is 0. The average Bonchev–Trinajstić information content (AvgIpc) is 3.23. The van der Waals surface area contributed by atoms with Crippen LogP contribution in [0, 0.1) is 0 Å². The Morgan fingerprint density at radius 1 is 0.190 bits per heavy atom. The van der Waals surface area contributed by atoms with Gasteiger partial charge in [0.05, 0.1) is 19.8 Å². The summed E-state index contributed by atoms with van der Waals surface area (Å²) >= 11 is 0. The molecule has 0 spiro atoms. The predicted molar refractivity (Wildman–Crippen MR) is 253 cm³/mol. The van der Waals surface area contributed by atoms with Crippen molar-refractivity contribution in [1.82, 2.24) is 0 Å². The summed E-state index contributed by atoms with van der Waals surface area (Å²) in [5.41, 5.74) is 0. The van der Waals surface area contributed by atoms with Gasteiger partial charge in [-0.2, -0.15) is 0 Å². The second-order valence-electron chi connectivity index (χ2n) is 17.8. The number of unbranched alkanes of at least 4 members (excludes halogenated alkanes) is 42. The molecule has 0 aromatic heterocycles. The van der Waals surface area contributed by atoms with Gasteiger partial charge >= 0.3 is 8.60 Å². The van der Waals surface area contributed by atoms with Crippen molar-refractivity contribution < 1.29 is 28.7 Å². The van der Waals surface area contributed by atoms with Gasteiger partial charge in [0.2, 0.25) is 0 Å². The SMILES string of the molecule is CCCCCCCCCCCCCCCCCOOP(OOCCCCCCCCCCCCCCCCC)OOCCCCCCCCCCCCCCCCC. The molecule has 0 aromatic rings. The lowest BCUT2D eigenvalue weighted by Crippen LogP contribution is -2.02. The molecule has 0 atom stereocenters. The molecule has 7 heteroatoms. The normalized spacial score (nSPS) is 11.8. The third-order valence-corrected chi connectivity index (χ3v) is 12.5. The average molecular weight is 845 g/mol. The van der Waals surface area contributed by atoms with Gasteiger partial charge < -0.3 is 0 Å². The van der Waals surface area contributed by atoms with Crippen LogP contribution < -0.4 is 0 Å². The smallest absolute Gasteiger partial charge is 0.229 e. The van der Waals surface area contributed by atoms with Crippen molar-refractivity contribution in [3.8, 4) is 0 Å². The highest BCUT2D eigenvalue weighted by molar-refractivity contribution is 7.41. The predicted octanol–water partition coefficient (Wildman–Crippen LogP) is 19.7. The maximum absolute atomic E-state index is 5.50. The highest BCUT2D eigenvalue weighted by atomic mass is 31.2. The first-order chi connectivity index (χ1) is 28.8. The molecule has 0 N–H and O–H groups in total. The molecule has 0 saturated heterocycles. The van der Waals surface area contributed by atoms with Crippen LogP contribution >= 0.6 is 8.60 Å². The van der Waals surface area contributed by atoms with E-state index in [4.69, 9.17) is 28.7 Å². The van der Waals surface area contributed by atoms with Crippen LogP contribution in [0.25, 0.3) is 0 Å². The molecular formula is C51H105O6P. The Labute approximate surface area is 365 Å². The van der Waals surface area contributed by atoms with E-state index < -0.39 is 8.60 Å². The van der Waals surface area contributed by atoms with Gasteiger partial charge in [0.25, 0.3) is 0 Å². The zero-order valence-corrected chi connectivity index (χ0v) is 40.7. The van der Waals surface area contributed by atoms with Crippen LogP contribution in [0.2, 0.25) is 0 Å². The summed E-state index contributed by atoms with van der Waals surface area (Å²) in [4.78, 5) is 16.5. The van der Waals surface area contributed by atoms with Crippen LogP contribution in [0.1, 0.15) is 310 Å². The first-order valence-corrected chi connectivity index (χ1v) is 27.6. The maximum Gasteiger partial charge on any atom is 0.421 e. The Morgan fingerprint density at radius 3 is 0.483 bits per heavy atom. The van der Waals surface area contributed by atoms with Crippen LogP contribution in [0.4, 0.5) is 0 Å². The maximum atomic E-state index is 5.50. The molecule has 6 nitrogen and oxygen atoms in total. The van der Waals surface area contributed by atoms with Gasteiger partial charge in [-0.3, -0.25) is 0 Å². The highest BCUT2D eigenvalue weighted by Crippen LogP contribution is 2.40. The largest absolute Gasteiger partial charge is 0.421 e. The first-order valence-electron chi connectivity index (χ1n) is 26.5. The van der Waals surface area contributed by atoms with Crippen LogP contribution in [-0.4, -0.2) is 19.8 Å².